The molecule has 0 aliphatic rings. The van der Waals surface area contributed by atoms with E-state index in [4.69, 9.17) is 22.1 Å². The van der Waals surface area contributed by atoms with Gasteiger partial charge in [-0.2, -0.15) is 0 Å². The van der Waals surface area contributed by atoms with Crippen LogP contribution in [-0.4, -0.2) is 6.04 Å². The van der Waals surface area contributed by atoms with Gasteiger partial charge in [0.05, 0.1) is 6.61 Å². The van der Waals surface area contributed by atoms with Gasteiger partial charge in [-0.05, 0) is 36.1 Å². The van der Waals surface area contributed by atoms with Crippen LogP contribution in [0.5, 0.6) is 0 Å². The molecule has 0 radical (unpaired) electrons. The molecule has 0 amide bonds. The number of hydrogen-bond donors (Lipinski definition) is 1. The van der Waals surface area contributed by atoms with E-state index in [2.05, 4.69) is 6.07 Å². The minimum absolute atomic E-state index is 0.0315. The van der Waals surface area contributed by atoms with Crippen LogP contribution in [0.2, 0.25) is 5.02 Å². The van der Waals surface area contributed by atoms with E-state index in [1.165, 1.54) is 4.88 Å². The van der Waals surface area contributed by atoms with E-state index in [9.17, 15) is 0 Å². The van der Waals surface area contributed by atoms with E-state index in [0.717, 1.165) is 10.6 Å². The molecule has 2 atom stereocenters. The monoisotopic (exact) mass is 281 g/mol. The largest absolute Gasteiger partial charge is 0.366 e. The molecular weight excluding hydrogens is 266 g/mol. The zero-order valence-electron chi connectivity index (χ0n) is 10.2. The van der Waals surface area contributed by atoms with Gasteiger partial charge in [0.15, 0.2) is 0 Å². The van der Waals surface area contributed by atoms with Crippen molar-refractivity contribution in [2.24, 2.45) is 5.73 Å². The molecule has 1 heterocycles. The fraction of sp³-hybridized carbons (Fsp3) is 0.286. The summed E-state index contributed by atoms with van der Waals surface area (Å²) in [6.07, 6.45) is -0.0549. The van der Waals surface area contributed by atoms with Crippen molar-refractivity contribution in [3.8, 4) is 0 Å². The molecule has 2 aromatic rings. The van der Waals surface area contributed by atoms with Crippen LogP contribution < -0.4 is 5.73 Å². The van der Waals surface area contributed by atoms with Gasteiger partial charge in [-0.3, -0.25) is 0 Å². The minimum atomic E-state index is -0.0549. The Morgan fingerprint density at radius 2 is 2.00 bits per heavy atom. The molecule has 2 rings (SSSR count). The first-order chi connectivity index (χ1) is 8.66. The van der Waals surface area contributed by atoms with Crippen LogP contribution >= 0.6 is 22.9 Å². The Morgan fingerprint density at radius 3 is 2.56 bits per heavy atom. The van der Waals surface area contributed by atoms with Crippen LogP contribution in [0.4, 0.5) is 0 Å². The third-order valence-corrected chi connectivity index (χ3v) is 3.83. The lowest BCUT2D eigenvalue weighted by atomic mass is 10.1. The van der Waals surface area contributed by atoms with Crippen LogP contribution in [0.15, 0.2) is 41.8 Å². The molecule has 2 nitrogen and oxygen atoms in total. The van der Waals surface area contributed by atoms with Crippen molar-refractivity contribution < 1.29 is 4.74 Å². The summed E-state index contributed by atoms with van der Waals surface area (Å²) in [7, 11) is 0. The summed E-state index contributed by atoms with van der Waals surface area (Å²) < 4.78 is 5.92. The standard InChI is InChI=1S/C14H16ClNOS/c1-10(16)14(13-3-2-8-18-13)17-9-11-4-6-12(15)7-5-11/h2-8,10,14H,9,16H2,1H3. The predicted molar refractivity (Wildman–Crippen MR) is 77.0 cm³/mol. The second kappa shape index (κ2) is 6.34. The molecule has 0 saturated carbocycles. The topological polar surface area (TPSA) is 35.2 Å². The quantitative estimate of drug-likeness (QED) is 0.899. The van der Waals surface area contributed by atoms with Crippen LogP contribution in [-0.2, 0) is 11.3 Å². The van der Waals surface area contributed by atoms with Crippen molar-refractivity contribution in [2.75, 3.05) is 0 Å². The first-order valence-corrected chi connectivity index (χ1v) is 7.07. The average Bonchev–Trinajstić information content (AvgIpc) is 2.85. The van der Waals surface area contributed by atoms with Gasteiger partial charge in [0.25, 0.3) is 0 Å². The number of ether oxygens (including phenoxy) is 1. The zero-order chi connectivity index (χ0) is 13.0. The van der Waals surface area contributed by atoms with Gasteiger partial charge >= 0.3 is 0 Å². The molecular formula is C14H16ClNOS. The van der Waals surface area contributed by atoms with Crippen LogP contribution in [0.3, 0.4) is 0 Å². The highest BCUT2D eigenvalue weighted by atomic mass is 35.5. The number of thiophene rings is 1. The van der Waals surface area contributed by atoms with E-state index < -0.39 is 0 Å². The van der Waals surface area contributed by atoms with E-state index in [1.807, 2.05) is 42.6 Å². The lowest BCUT2D eigenvalue weighted by molar-refractivity contribution is 0.0282. The molecule has 4 heteroatoms. The van der Waals surface area contributed by atoms with E-state index in [1.54, 1.807) is 11.3 Å². The molecule has 96 valence electrons. The normalized spacial score (nSPS) is 14.4. The molecule has 0 spiro atoms. The number of rotatable bonds is 5. The van der Waals surface area contributed by atoms with Crippen molar-refractivity contribution in [3.63, 3.8) is 0 Å². The minimum Gasteiger partial charge on any atom is -0.366 e. The summed E-state index contributed by atoms with van der Waals surface area (Å²) in [5.74, 6) is 0. The van der Waals surface area contributed by atoms with Gasteiger partial charge in [-0.15, -0.1) is 11.3 Å². The summed E-state index contributed by atoms with van der Waals surface area (Å²) in [5.41, 5.74) is 7.08. The fourth-order valence-corrected chi connectivity index (χ4v) is 2.73. The molecule has 18 heavy (non-hydrogen) atoms. The first kappa shape index (κ1) is 13.6. The van der Waals surface area contributed by atoms with Crippen molar-refractivity contribution >= 4 is 22.9 Å². The fourth-order valence-electron chi connectivity index (χ4n) is 1.71. The highest BCUT2D eigenvalue weighted by Crippen LogP contribution is 2.26. The second-order valence-electron chi connectivity index (χ2n) is 4.23. The Bertz CT molecular complexity index is 467. The molecule has 1 aromatic carbocycles. The molecule has 0 bridgehead atoms. The second-order valence-corrected chi connectivity index (χ2v) is 5.65. The Balaban J connectivity index is 2.00. The maximum absolute atomic E-state index is 5.98. The van der Waals surface area contributed by atoms with Gasteiger partial charge in [0, 0.05) is 15.9 Å². The smallest absolute Gasteiger partial charge is 0.107 e. The number of halogens is 1. The third-order valence-electron chi connectivity index (χ3n) is 2.64. The maximum Gasteiger partial charge on any atom is 0.107 e. The third kappa shape index (κ3) is 3.56. The molecule has 0 aliphatic heterocycles. The summed E-state index contributed by atoms with van der Waals surface area (Å²) in [6.45, 7) is 2.51. The van der Waals surface area contributed by atoms with Crippen LogP contribution in [0, 0.1) is 0 Å². The number of nitrogens with two attached hydrogens (primary N) is 1. The average molecular weight is 282 g/mol. The SMILES string of the molecule is CC(N)C(OCc1ccc(Cl)cc1)c1cccs1. The van der Waals surface area contributed by atoms with Crippen LogP contribution in [0.1, 0.15) is 23.5 Å². The van der Waals surface area contributed by atoms with Gasteiger partial charge in [-0.25, -0.2) is 0 Å². The van der Waals surface area contributed by atoms with Gasteiger partial charge in [0.2, 0.25) is 0 Å². The maximum atomic E-state index is 5.98. The summed E-state index contributed by atoms with van der Waals surface area (Å²) in [6, 6.07) is 11.7. The van der Waals surface area contributed by atoms with Crippen molar-refractivity contribution in [2.45, 2.75) is 25.7 Å². The summed E-state index contributed by atoms with van der Waals surface area (Å²) >= 11 is 7.52. The molecule has 0 fully saturated rings. The van der Waals surface area contributed by atoms with E-state index in [-0.39, 0.29) is 12.1 Å². The number of benzene rings is 1. The van der Waals surface area contributed by atoms with Crippen molar-refractivity contribution in [3.05, 3.63) is 57.2 Å². The molecule has 1 aromatic heterocycles. The Morgan fingerprint density at radius 1 is 1.28 bits per heavy atom. The Kier molecular flexibility index (Phi) is 4.78. The predicted octanol–water partition coefficient (Wildman–Crippen LogP) is 4.01. The van der Waals surface area contributed by atoms with Crippen LogP contribution in [0.25, 0.3) is 0 Å². The lowest BCUT2D eigenvalue weighted by Gasteiger charge is -2.20. The Labute approximate surface area is 116 Å². The van der Waals surface area contributed by atoms with Gasteiger partial charge < -0.3 is 10.5 Å². The zero-order valence-corrected chi connectivity index (χ0v) is 11.7. The van der Waals surface area contributed by atoms with E-state index in [0.29, 0.717) is 6.61 Å². The summed E-state index contributed by atoms with van der Waals surface area (Å²) in [4.78, 5) is 1.17. The van der Waals surface area contributed by atoms with Gasteiger partial charge in [-0.1, -0.05) is 29.8 Å². The molecule has 0 aliphatic carbocycles. The number of hydrogen-bond acceptors (Lipinski definition) is 3. The Hall–Kier alpha value is -0.870. The highest BCUT2D eigenvalue weighted by Gasteiger charge is 2.17. The van der Waals surface area contributed by atoms with Crippen molar-refractivity contribution in [1.29, 1.82) is 0 Å². The van der Waals surface area contributed by atoms with Gasteiger partial charge in [0.1, 0.15) is 6.10 Å². The lowest BCUT2D eigenvalue weighted by Crippen LogP contribution is -2.26. The molecule has 2 N–H and O–H groups in total. The highest BCUT2D eigenvalue weighted by molar-refractivity contribution is 7.10. The molecule has 0 saturated heterocycles. The van der Waals surface area contributed by atoms with E-state index >= 15 is 0 Å². The first-order valence-electron chi connectivity index (χ1n) is 5.82. The van der Waals surface area contributed by atoms with Crippen molar-refractivity contribution in [1.82, 2.24) is 0 Å². The molecule has 2 unspecified atom stereocenters. The summed E-state index contributed by atoms with van der Waals surface area (Å²) in [5, 5.41) is 2.77.